The number of hydrogen-bond donors (Lipinski definition) is 1. The molecule has 1 unspecified atom stereocenters. The zero-order chi connectivity index (χ0) is 20.6. The first-order valence-corrected chi connectivity index (χ1v) is 9.85. The number of ether oxygens (including phenoxy) is 1. The average molecular weight is 391 g/mol. The Kier molecular flexibility index (Phi) is 6.99. The summed E-state index contributed by atoms with van der Waals surface area (Å²) in [5, 5.41) is 11.9. The molecule has 0 radical (unpaired) electrons. The zero-order valence-electron chi connectivity index (χ0n) is 16.6. The molecule has 0 aromatic heterocycles. The first-order valence-electron chi connectivity index (χ1n) is 9.85. The highest BCUT2D eigenvalue weighted by Crippen LogP contribution is 2.17. The minimum Gasteiger partial charge on any atom is -0.494 e. The second-order valence-corrected chi connectivity index (χ2v) is 7.14. The number of ketones is 1. The normalized spacial score (nSPS) is 16.2. The molecule has 0 bridgehead atoms. The number of amides is 1. The van der Waals surface area contributed by atoms with Gasteiger partial charge in [-0.2, -0.15) is 5.26 Å². The highest BCUT2D eigenvalue weighted by molar-refractivity contribution is 5.94. The monoisotopic (exact) mass is 391 g/mol. The standard InChI is InChI=1S/C23H25N3O3/c1-17(27)19-9-11-21(12-10-19)29-15-3-14-26-13-2-4-22(26)25-23(28)20-7-5-18(16-24)6-8-20/h5-12,22H,2-4,13-15H2,1H3,(H,25,28). The molecular formula is C23H25N3O3. The van der Waals surface area contributed by atoms with E-state index in [0.29, 0.717) is 23.3 Å². The van der Waals surface area contributed by atoms with Gasteiger partial charge in [0.25, 0.3) is 5.91 Å². The van der Waals surface area contributed by atoms with Gasteiger partial charge in [0.2, 0.25) is 0 Å². The molecule has 0 spiro atoms. The van der Waals surface area contributed by atoms with Crippen molar-refractivity contribution in [3.05, 3.63) is 65.2 Å². The van der Waals surface area contributed by atoms with Crippen LogP contribution in [-0.4, -0.2) is 42.5 Å². The third kappa shape index (κ3) is 5.66. The Hall–Kier alpha value is -3.17. The summed E-state index contributed by atoms with van der Waals surface area (Å²) in [4.78, 5) is 26.0. The molecule has 2 aromatic rings. The van der Waals surface area contributed by atoms with Crippen LogP contribution in [0.25, 0.3) is 0 Å². The molecule has 3 rings (SSSR count). The number of likely N-dealkylation sites (tertiary alicyclic amines) is 1. The Morgan fingerprint density at radius 1 is 1.14 bits per heavy atom. The quantitative estimate of drug-likeness (QED) is 0.551. The summed E-state index contributed by atoms with van der Waals surface area (Å²) >= 11 is 0. The highest BCUT2D eigenvalue weighted by Gasteiger charge is 2.25. The summed E-state index contributed by atoms with van der Waals surface area (Å²) in [6, 6.07) is 15.9. The maximum atomic E-state index is 12.5. The number of nitriles is 1. The van der Waals surface area contributed by atoms with Crippen LogP contribution in [0.1, 0.15) is 52.5 Å². The Bertz CT molecular complexity index is 885. The predicted molar refractivity (Wildman–Crippen MR) is 110 cm³/mol. The molecule has 1 aliphatic heterocycles. The summed E-state index contributed by atoms with van der Waals surface area (Å²) in [7, 11) is 0. The zero-order valence-corrected chi connectivity index (χ0v) is 16.6. The first-order chi connectivity index (χ1) is 14.1. The largest absolute Gasteiger partial charge is 0.494 e. The summed E-state index contributed by atoms with van der Waals surface area (Å²) < 4.78 is 5.76. The minimum absolute atomic E-state index is 0.0213. The van der Waals surface area contributed by atoms with Gasteiger partial charge < -0.3 is 10.1 Å². The lowest BCUT2D eigenvalue weighted by Gasteiger charge is -2.25. The van der Waals surface area contributed by atoms with Gasteiger partial charge in [-0.1, -0.05) is 0 Å². The van der Waals surface area contributed by atoms with Crippen LogP contribution in [0, 0.1) is 11.3 Å². The van der Waals surface area contributed by atoms with Crippen LogP contribution < -0.4 is 10.1 Å². The van der Waals surface area contributed by atoms with E-state index >= 15 is 0 Å². The summed E-state index contributed by atoms with van der Waals surface area (Å²) in [5.74, 6) is 0.676. The molecule has 1 aliphatic rings. The van der Waals surface area contributed by atoms with Crippen LogP contribution in [0.4, 0.5) is 0 Å². The molecule has 0 aliphatic carbocycles. The van der Waals surface area contributed by atoms with Crippen LogP contribution in [0.5, 0.6) is 5.75 Å². The molecule has 29 heavy (non-hydrogen) atoms. The van der Waals surface area contributed by atoms with E-state index in [1.807, 2.05) is 12.1 Å². The number of benzene rings is 2. The molecule has 1 N–H and O–H groups in total. The van der Waals surface area contributed by atoms with Crippen molar-refractivity contribution in [2.45, 2.75) is 32.4 Å². The van der Waals surface area contributed by atoms with E-state index in [1.54, 1.807) is 43.3 Å². The predicted octanol–water partition coefficient (Wildman–Crippen LogP) is 3.38. The number of Topliss-reactive ketones (excluding diaryl/α,β-unsaturated/α-hetero) is 1. The van der Waals surface area contributed by atoms with Gasteiger partial charge in [-0.3, -0.25) is 14.5 Å². The fraction of sp³-hybridized carbons (Fsp3) is 0.348. The smallest absolute Gasteiger partial charge is 0.252 e. The van der Waals surface area contributed by atoms with Gasteiger partial charge in [0.1, 0.15) is 5.75 Å². The lowest BCUT2D eigenvalue weighted by molar-refractivity contribution is 0.0882. The maximum absolute atomic E-state index is 12.5. The third-order valence-electron chi connectivity index (χ3n) is 5.06. The Morgan fingerprint density at radius 3 is 2.48 bits per heavy atom. The Balaban J connectivity index is 1.43. The Labute approximate surface area is 171 Å². The molecule has 1 fully saturated rings. The van der Waals surface area contributed by atoms with Crippen LogP contribution in [0.3, 0.4) is 0 Å². The molecule has 0 saturated carbocycles. The fourth-order valence-corrected chi connectivity index (χ4v) is 3.43. The average Bonchev–Trinajstić information content (AvgIpc) is 3.18. The van der Waals surface area contributed by atoms with E-state index in [-0.39, 0.29) is 17.9 Å². The van der Waals surface area contributed by atoms with Crippen molar-refractivity contribution in [1.82, 2.24) is 10.2 Å². The topological polar surface area (TPSA) is 82.4 Å². The molecule has 1 heterocycles. The molecular weight excluding hydrogens is 366 g/mol. The Morgan fingerprint density at radius 2 is 1.83 bits per heavy atom. The van der Waals surface area contributed by atoms with E-state index in [1.165, 1.54) is 0 Å². The van der Waals surface area contributed by atoms with Gasteiger partial charge >= 0.3 is 0 Å². The van der Waals surface area contributed by atoms with E-state index in [9.17, 15) is 9.59 Å². The number of carbonyl (C=O) groups excluding carboxylic acids is 2. The fourth-order valence-electron chi connectivity index (χ4n) is 3.43. The minimum atomic E-state index is -0.117. The molecule has 2 aromatic carbocycles. The molecule has 1 atom stereocenters. The van der Waals surface area contributed by atoms with Gasteiger partial charge in [0.15, 0.2) is 5.78 Å². The number of nitrogens with zero attached hydrogens (tertiary/aromatic N) is 2. The van der Waals surface area contributed by atoms with Crippen LogP contribution in [0.2, 0.25) is 0 Å². The molecule has 6 nitrogen and oxygen atoms in total. The summed E-state index contributed by atoms with van der Waals surface area (Å²) in [6.45, 7) is 3.91. The van der Waals surface area contributed by atoms with Crippen LogP contribution >= 0.6 is 0 Å². The number of hydrogen-bond acceptors (Lipinski definition) is 5. The van der Waals surface area contributed by atoms with Crippen LogP contribution in [-0.2, 0) is 0 Å². The van der Waals surface area contributed by atoms with Gasteiger partial charge in [0, 0.05) is 24.2 Å². The van der Waals surface area contributed by atoms with Gasteiger partial charge in [-0.05, 0) is 74.7 Å². The van der Waals surface area contributed by atoms with Crippen molar-refractivity contribution in [2.24, 2.45) is 0 Å². The summed E-state index contributed by atoms with van der Waals surface area (Å²) in [5.41, 5.74) is 1.78. The van der Waals surface area contributed by atoms with Crippen molar-refractivity contribution < 1.29 is 14.3 Å². The van der Waals surface area contributed by atoms with Crippen molar-refractivity contribution in [1.29, 1.82) is 5.26 Å². The van der Waals surface area contributed by atoms with E-state index in [2.05, 4.69) is 16.3 Å². The molecule has 1 saturated heterocycles. The van der Waals surface area contributed by atoms with Crippen LogP contribution in [0.15, 0.2) is 48.5 Å². The van der Waals surface area contributed by atoms with Crippen molar-refractivity contribution in [2.75, 3.05) is 19.7 Å². The molecule has 150 valence electrons. The van der Waals surface area contributed by atoms with Crippen molar-refractivity contribution in [3.63, 3.8) is 0 Å². The second-order valence-electron chi connectivity index (χ2n) is 7.14. The van der Waals surface area contributed by atoms with Gasteiger partial charge in [-0.25, -0.2) is 0 Å². The lowest BCUT2D eigenvalue weighted by atomic mass is 10.1. The van der Waals surface area contributed by atoms with Gasteiger partial charge in [0.05, 0.1) is 24.4 Å². The number of carbonyl (C=O) groups is 2. The maximum Gasteiger partial charge on any atom is 0.252 e. The van der Waals surface area contributed by atoms with E-state index in [0.717, 1.165) is 38.1 Å². The number of nitrogens with one attached hydrogen (secondary N) is 1. The number of rotatable bonds is 8. The molecule has 1 amide bonds. The van der Waals surface area contributed by atoms with E-state index < -0.39 is 0 Å². The third-order valence-corrected chi connectivity index (χ3v) is 5.06. The second kappa shape index (κ2) is 9.85. The highest BCUT2D eigenvalue weighted by atomic mass is 16.5. The van der Waals surface area contributed by atoms with Crippen molar-refractivity contribution in [3.8, 4) is 11.8 Å². The van der Waals surface area contributed by atoms with Gasteiger partial charge in [-0.15, -0.1) is 0 Å². The lowest BCUT2D eigenvalue weighted by Crippen LogP contribution is -2.44. The van der Waals surface area contributed by atoms with E-state index in [4.69, 9.17) is 10.00 Å². The first kappa shape index (κ1) is 20.6. The SMILES string of the molecule is CC(=O)c1ccc(OCCCN2CCCC2NC(=O)c2ccc(C#N)cc2)cc1. The summed E-state index contributed by atoms with van der Waals surface area (Å²) in [6.07, 6.45) is 2.84. The van der Waals surface area contributed by atoms with Crippen molar-refractivity contribution >= 4 is 11.7 Å². The molecule has 6 heteroatoms.